The molecule has 7 heteroatoms. The summed E-state index contributed by atoms with van der Waals surface area (Å²) in [5.41, 5.74) is 2.28. The van der Waals surface area contributed by atoms with Crippen molar-refractivity contribution in [3.63, 3.8) is 0 Å². The van der Waals surface area contributed by atoms with Crippen molar-refractivity contribution in [2.24, 2.45) is 0 Å². The number of hydrogen-bond acceptors (Lipinski definition) is 6. The van der Waals surface area contributed by atoms with Crippen molar-refractivity contribution in [2.75, 3.05) is 12.4 Å². The molecule has 1 aliphatic carbocycles. The second-order valence-electron chi connectivity index (χ2n) is 7.04. The molecule has 4 rings (SSSR count). The first kappa shape index (κ1) is 18.7. The van der Waals surface area contributed by atoms with Gasteiger partial charge in [0.1, 0.15) is 18.1 Å². The number of ether oxygens (including phenoxy) is 1. The minimum Gasteiger partial charge on any atom is -0.489 e. The maximum absolute atomic E-state index is 11.7. The van der Waals surface area contributed by atoms with Crippen LogP contribution in [0.1, 0.15) is 48.2 Å². The Morgan fingerprint density at radius 1 is 1.21 bits per heavy atom. The third-order valence-electron chi connectivity index (χ3n) is 4.98. The summed E-state index contributed by atoms with van der Waals surface area (Å²) < 4.78 is 7.03. The first-order valence-electron chi connectivity index (χ1n) is 9.68. The lowest BCUT2D eigenvalue weighted by Crippen LogP contribution is -2.21. The summed E-state index contributed by atoms with van der Waals surface area (Å²) in [4.78, 5) is 20.5. The number of anilines is 1. The van der Waals surface area contributed by atoms with Crippen molar-refractivity contribution >= 4 is 32.6 Å². The molecule has 0 saturated heterocycles. The number of rotatable bonds is 6. The van der Waals surface area contributed by atoms with Gasteiger partial charge in [0.2, 0.25) is 0 Å². The summed E-state index contributed by atoms with van der Waals surface area (Å²) in [5, 5.41) is 7.16. The molecule has 0 bridgehead atoms. The van der Waals surface area contributed by atoms with E-state index < -0.39 is 0 Å². The zero-order valence-corrected chi connectivity index (χ0v) is 16.7. The summed E-state index contributed by atoms with van der Waals surface area (Å²) in [6.45, 7) is 0.379. The van der Waals surface area contributed by atoms with Crippen LogP contribution in [-0.4, -0.2) is 29.0 Å². The van der Waals surface area contributed by atoms with Crippen molar-refractivity contribution in [3.8, 4) is 5.75 Å². The number of fused-ring (bicyclic) bond motifs is 1. The molecule has 1 amide bonds. The molecule has 0 spiro atoms. The normalized spacial score (nSPS) is 14.8. The summed E-state index contributed by atoms with van der Waals surface area (Å²) in [6, 6.07) is 10.1. The lowest BCUT2D eigenvalue weighted by atomic mass is 9.96. The molecule has 2 N–H and O–H groups in total. The fourth-order valence-electron chi connectivity index (χ4n) is 3.46. The van der Waals surface area contributed by atoms with Crippen molar-refractivity contribution in [1.82, 2.24) is 15.3 Å². The molecule has 0 radical (unpaired) electrons. The number of pyridine rings is 1. The summed E-state index contributed by atoms with van der Waals surface area (Å²) in [7, 11) is 1.59. The second-order valence-corrected chi connectivity index (χ2v) is 8.08. The number of hydrogen-bond donors (Lipinski definition) is 2. The first-order chi connectivity index (χ1) is 13.7. The smallest absolute Gasteiger partial charge is 0.269 e. The Balaban J connectivity index is 1.42. The van der Waals surface area contributed by atoms with E-state index in [1.165, 1.54) is 32.1 Å². The Labute approximate surface area is 168 Å². The van der Waals surface area contributed by atoms with Gasteiger partial charge < -0.3 is 15.4 Å². The summed E-state index contributed by atoms with van der Waals surface area (Å²) in [5.74, 6) is 0.588. The van der Waals surface area contributed by atoms with Crippen molar-refractivity contribution in [1.29, 1.82) is 0 Å². The minimum absolute atomic E-state index is 0.203. The highest BCUT2D eigenvalue weighted by Gasteiger charge is 2.15. The highest BCUT2D eigenvalue weighted by atomic mass is 32.1. The van der Waals surface area contributed by atoms with Crippen LogP contribution < -0.4 is 15.4 Å². The molecule has 1 aliphatic rings. The van der Waals surface area contributed by atoms with E-state index in [2.05, 4.69) is 15.6 Å². The van der Waals surface area contributed by atoms with E-state index in [0.29, 0.717) is 18.3 Å². The van der Waals surface area contributed by atoms with Crippen LogP contribution >= 0.6 is 11.3 Å². The molecule has 1 aromatic carbocycles. The quantitative estimate of drug-likeness (QED) is 0.647. The third-order valence-corrected chi connectivity index (χ3v) is 5.93. The van der Waals surface area contributed by atoms with Gasteiger partial charge in [-0.1, -0.05) is 30.6 Å². The van der Waals surface area contributed by atoms with Gasteiger partial charge in [-0.05, 0) is 48.7 Å². The second kappa shape index (κ2) is 8.56. The molecule has 0 atom stereocenters. The molecule has 0 aliphatic heterocycles. The van der Waals surface area contributed by atoms with Crippen LogP contribution in [0.15, 0.2) is 36.5 Å². The highest BCUT2D eigenvalue weighted by Crippen LogP contribution is 2.31. The van der Waals surface area contributed by atoms with Gasteiger partial charge in [-0.25, -0.2) is 4.98 Å². The van der Waals surface area contributed by atoms with Crippen LogP contribution in [0.25, 0.3) is 10.2 Å². The topological polar surface area (TPSA) is 76.1 Å². The van der Waals surface area contributed by atoms with Gasteiger partial charge in [0, 0.05) is 19.3 Å². The van der Waals surface area contributed by atoms with Crippen LogP contribution in [0.2, 0.25) is 0 Å². The SMILES string of the molecule is CNC(=O)c1cc(COc2ccc3nc(NC4CCCCC4)sc3c2)ccn1. The summed E-state index contributed by atoms with van der Waals surface area (Å²) >= 11 is 1.67. The molecule has 3 aromatic rings. The lowest BCUT2D eigenvalue weighted by molar-refractivity contribution is 0.0958. The molecule has 1 fully saturated rings. The zero-order valence-electron chi connectivity index (χ0n) is 15.9. The number of carbonyl (C=O) groups is 1. The van der Waals surface area contributed by atoms with E-state index in [9.17, 15) is 4.79 Å². The Morgan fingerprint density at radius 3 is 2.89 bits per heavy atom. The molecule has 28 heavy (non-hydrogen) atoms. The number of carbonyl (C=O) groups excluding carboxylic acids is 1. The van der Waals surface area contributed by atoms with E-state index in [0.717, 1.165) is 26.7 Å². The average Bonchev–Trinajstić information content (AvgIpc) is 3.14. The molecule has 2 heterocycles. The minimum atomic E-state index is -0.203. The van der Waals surface area contributed by atoms with Crippen LogP contribution in [0.5, 0.6) is 5.75 Å². The average molecular weight is 397 g/mol. The predicted octanol–water partition coefficient (Wildman–Crippen LogP) is 4.37. The van der Waals surface area contributed by atoms with E-state index in [-0.39, 0.29) is 5.91 Å². The van der Waals surface area contributed by atoms with Crippen LogP contribution in [0.4, 0.5) is 5.13 Å². The van der Waals surface area contributed by atoms with Crippen LogP contribution in [0, 0.1) is 0 Å². The van der Waals surface area contributed by atoms with Crippen LogP contribution in [-0.2, 0) is 6.61 Å². The molecular formula is C21H24N4O2S. The van der Waals surface area contributed by atoms with Gasteiger partial charge in [0.15, 0.2) is 5.13 Å². The zero-order chi connectivity index (χ0) is 19.3. The molecule has 0 unspecified atom stereocenters. The van der Waals surface area contributed by atoms with Gasteiger partial charge in [-0.15, -0.1) is 0 Å². The standard InChI is InChI=1S/C21H24N4O2S/c1-22-20(26)18-11-14(9-10-23-18)13-27-16-7-8-17-19(12-16)28-21(25-17)24-15-5-3-2-4-6-15/h7-12,15H,2-6,13H2,1H3,(H,22,26)(H,24,25). The molecular weight excluding hydrogens is 372 g/mol. The molecule has 1 saturated carbocycles. The van der Waals surface area contributed by atoms with E-state index in [1.54, 1.807) is 30.6 Å². The van der Waals surface area contributed by atoms with Crippen molar-refractivity contribution in [3.05, 3.63) is 47.8 Å². The number of thiazole rings is 1. The highest BCUT2D eigenvalue weighted by molar-refractivity contribution is 7.22. The first-order valence-corrected chi connectivity index (χ1v) is 10.5. The van der Waals surface area contributed by atoms with Gasteiger partial charge in [0.05, 0.1) is 10.2 Å². The van der Waals surface area contributed by atoms with Crippen molar-refractivity contribution < 1.29 is 9.53 Å². The largest absolute Gasteiger partial charge is 0.489 e. The summed E-state index contributed by atoms with van der Waals surface area (Å²) in [6.07, 6.45) is 8.04. The maximum Gasteiger partial charge on any atom is 0.269 e. The fourth-order valence-corrected chi connectivity index (χ4v) is 4.43. The Kier molecular flexibility index (Phi) is 5.71. The van der Waals surface area contributed by atoms with E-state index in [1.807, 2.05) is 24.3 Å². The maximum atomic E-state index is 11.7. The van der Waals surface area contributed by atoms with Gasteiger partial charge in [-0.2, -0.15) is 0 Å². The third kappa shape index (κ3) is 4.42. The van der Waals surface area contributed by atoms with Crippen molar-refractivity contribution in [2.45, 2.75) is 44.8 Å². The van der Waals surface area contributed by atoms with E-state index >= 15 is 0 Å². The van der Waals surface area contributed by atoms with Gasteiger partial charge in [-0.3, -0.25) is 9.78 Å². The number of nitrogens with zero attached hydrogens (tertiary/aromatic N) is 2. The Hall–Kier alpha value is -2.67. The van der Waals surface area contributed by atoms with E-state index in [4.69, 9.17) is 9.72 Å². The van der Waals surface area contributed by atoms with Gasteiger partial charge in [0.25, 0.3) is 5.91 Å². The number of amides is 1. The Bertz CT molecular complexity index is 966. The number of benzene rings is 1. The predicted molar refractivity (Wildman–Crippen MR) is 112 cm³/mol. The monoisotopic (exact) mass is 396 g/mol. The molecule has 6 nitrogen and oxygen atoms in total. The molecule has 2 aromatic heterocycles. The lowest BCUT2D eigenvalue weighted by Gasteiger charge is -2.22. The number of aromatic nitrogens is 2. The Morgan fingerprint density at radius 2 is 2.07 bits per heavy atom. The van der Waals surface area contributed by atoms with Gasteiger partial charge >= 0.3 is 0 Å². The van der Waals surface area contributed by atoms with Crippen LogP contribution in [0.3, 0.4) is 0 Å². The fraction of sp³-hybridized carbons (Fsp3) is 0.381. The molecule has 146 valence electrons. The number of nitrogens with one attached hydrogen (secondary N) is 2.